The Kier molecular flexibility index (Phi) is 6.34. The van der Waals surface area contributed by atoms with Gasteiger partial charge in [-0.3, -0.25) is 4.98 Å². The van der Waals surface area contributed by atoms with Crippen LogP contribution in [-0.4, -0.2) is 35.6 Å². The number of benzene rings is 1. The maximum absolute atomic E-state index is 14.2. The van der Waals surface area contributed by atoms with Crippen molar-refractivity contribution in [2.24, 2.45) is 0 Å². The molecule has 0 aliphatic heterocycles. The van der Waals surface area contributed by atoms with Gasteiger partial charge in [-0.25, -0.2) is 4.39 Å². The number of aryl methyl sites for hydroxylation is 1. The number of rotatable bonds is 8. The number of anilines is 1. The van der Waals surface area contributed by atoms with Crippen LogP contribution >= 0.6 is 0 Å². The van der Waals surface area contributed by atoms with E-state index >= 15 is 0 Å². The van der Waals surface area contributed by atoms with Gasteiger partial charge in [0.05, 0.1) is 16.6 Å². The van der Waals surface area contributed by atoms with E-state index in [-0.39, 0.29) is 5.82 Å². The van der Waals surface area contributed by atoms with Crippen LogP contribution in [0.3, 0.4) is 0 Å². The van der Waals surface area contributed by atoms with Crippen molar-refractivity contribution < 1.29 is 4.39 Å². The minimum atomic E-state index is -0.212. The van der Waals surface area contributed by atoms with Crippen LogP contribution in [0.5, 0.6) is 0 Å². The SMILES string of the molecule is CCN(CC)CCCC(C)Nc1c(C)cnc2cccc(F)c12. The summed E-state index contributed by atoms with van der Waals surface area (Å²) >= 11 is 0. The predicted octanol–water partition coefficient (Wildman–Crippen LogP) is 4.60. The highest BCUT2D eigenvalue weighted by atomic mass is 19.1. The van der Waals surface area contributed by atoms with Crippen LogP contribution in [0.25, 0.3) is 10.9 Å². The highest BCUT2D eigenvalue weighted by Gasteiger charge is 2.13. The Bertz CT molecular complexity index is 638. The first-order chi connectivity index (χ1) is 11.1. The molecule has 23 heavy (non-hydrogen) atoms. The van der Waals surface area contributed by atoms with Crippen LogP contribution in [0.4, 0.5) is 10.1 Å². The molecule has 0 fully saturated rings. The lowest BCUT2D eigenvalue weighted by Crippen LogP contribution is -2.25. The third-order valence-electron chi connectivity index (χ3n) is 4.43. The van der Waals surface area contributed by atoms with Crippen molar-refractivity contribution in [2.45, 2.75) is 46.6 Å². The van der Waals surface area contributed by atoms with Gasteiger partial charge < -0.3 is 10.2 Å². The van der Waals surface area contributed by atoms with Gasteiger partial charge in [-0.15, -0.1) is 0 Å². The second-order valence-electron chi connectivity index (χ2n) is 6.16. The van der Waals surface area contributed by atoms with E-state index in [0.29, 0.717) is 16.9 Å². The first kappa shape index (κ1) is 17.7. The van der Waals surface area contributed by atoms with Crippen molar-refractivity contribution in [3.8, 4) is 0 Å². The zero-order valence-electron chi connectivity index (χ0n) is 14.7. The zero-order chi connectivity index (χ0) is 16.8. The molecular weight excluding hydrogens is 289 g/mol. The first-order valence-corrected chi connectivity index (χ1v) is 8.59. The molecule has 0 radical (unpaired) electrons. The number of halogens is 1. The molecule has 0 aliphatic rings. The molecule has 1 N–H and O–H groups in total. The highest BCUT2D eigenvalue weighted by Crippen LogP contribution is 2.28. The van der Waals surface area contributed by atoms with Crippen molar-refractivity contribution in [3.05, 3.63) is 35.8 Å². The summed E-state index contributed by atoms with van der Waals surface area (Å²) in [7, 11) is 0. The van der Waals surface area contributed by atoms with Crippen LogP contribution in [0.2, 0.25) is 0 Å². The van der Waals surface area contributed by atoms with Crippen LogP contribution in [0.1, 0.15) is 39.2 Å². The molecule has 4 heteroatoms. The fraction of sp³-hybridized carbons (Fsp3) is 0.526. The monoisotopic (exact) mass is 317 g/mol. The second kappa shape index (κ2) is 8.25. The summed E-state index contributed by atoms with van der Waals surface area (Å²) in [4.78, 5) is 6.76. The number of nitrogens with one attached hydrogen (secondary N) is 1. The van der Waals surface area contributed by atoms with Crippen molar-refractivity contribution in [1.29, 1.82) is 0 Å². The number of hydrogen-bond donors (Lipinski definition) is 1. The average Bonchev–Trinajstić information content (AvgIpc) is 2.54. The molecule has 126 valence electrons. The van der Waals surface area contributed by atoms with Crippen LogP contribution < -0.4 is 5.32 Å². The molecule has 0 bridgehead atoms. The molecule has 0 amide bonds. The Labute approximate surface area is 138 Å². The van der Waals surface area contributed by atoms with Crippen molar-refractivity contribution in [2.75, 3.05) is 25.0 Å². The molecule has 0 spiro atoms. The van der Waals surface area contributed by atoms with Crippen molar-refractivity contribution in [3.63, 3.8) is 0 Å². The maximum atomic E-state index is 14.2. The molecule has 0 saturated heterocycles. The van der Waals surface area contributed by atoms with Gasteiger partial charge in [0.15, 0.2) is 0 Å². The summed E-state index contributed by atoms with van der Waals surface area (Å²) in [5.41, 5.74) is 2.56. The van der Waals surface area contributed by atoms with E-state index in [9.17, 15) is 4.39 Å². The Morgan fingerprint density at radius 1 is 1.26 bits per heavy atom. The van der Waals surface area contributed by atoms with Crippen LogP contribution in [-0.2, 0) is 0 Å². The molecule has 1 heterocycles. The van der Waals surface area contributed by atoms with Gasteiger partial charge in [-0.1, -0.05) is 19.9 Å². The Morgan fingerprint density at radius 2 is 2.00 bits per heavy atom. The van der Waals surface area contributed by atoms with E-state index in [1.807, 2.05) is 19.2 Å². The van der Waals surface area contributed by atoms with Crippen LogP contribution in [0, 0.1) is 12.7 Å². The van der Waals surface area contributed by atoms with Gasteiger partial charge in [0.1, 0.15) is 5.82 Å². The van der Waals surface area contributed by atoms with Gasteiger partial charge in [-0.2, -0.15) is 0 Å². The molecule has 2 rings (SSSR count). The number of pyridine rings is 1. The maximum Gasteiger partial charge on any atom is 0.134 e. The lowest BCUT2D eigenvalue weighted by molar-refractivity contribution is 0.295. The third kappa shape index (κ3) is 4.41. The van der Waals surface area contributed by atoms with Gasteiger partial charge in [0.25, 0.3) is 0 Å². The van der Waals surface area contributed by atoms with Gasteiger partial charge in [-0.05, 0) is 64.0 Å². The molecule has 2 aromatic rings. The number of hydrogen-bond acceptors (Lipinski definition) is 3. The molecule has 1 aromatic heterocycles. The highest BCUT2D eigenvalue weighted by molar-refractivity contribution is 5.93. The standard InChI is InChI=1S/C19H28FN3/c1-5-23(6-2)12-8-9-15(4)22-19-14(3)13-21-17-11-7-10-16(20)18(17)19/h7,10-11,13,15H,5-6,8-9,12H2,1-4H3,(H,21,22). The Hall–Kier alpha value is -1.68. The molecule has 0 aliphatic carbocycles. The van der Waals surface area contributed by atoms with E-state index in [1.165, 1.54) is 6.07 Å². The number of aromatic nitrogens is 1. The van der Waals surface area contributed by atoms with Crippen molar-refractivity contribution >= 4 is 16.6 Å². The number of nitrogens with zero attached hydrogens (tertiary/aromatic N) is 2. The molecule has 1 aromatic carbocycles. The second-order valence-corrected chi connectivity index (χ2v) is 6.16. The fourth-order valence-corrected chi connectivity index (χ4v) is 2.96. The van der Waals surface area contributed by atoms with E-state index < -0.39 is 0 Å². The summed E-state index contributed by atoms with van der Waals surface area (Å²) in [6.07, 6.45) is 4.02. The summed E-state index contributed by atoms with van der Waals surface area (Å²) < 4.78 is 14.2. The number of fused-ring (bicyclic) bond motifs is 1. The van der Waals surface area contributed by atoms with Gasteiger partial charge >= 0.3 is 0 Å². The summed E-state index contributed by atoms with van der Waals surface area (Å²) in [6, 6.07) is 5.36. The quantitative estimate of drug-likeness (QED) is 0.771. The van der Waals surface area contributed by atoms with Crippen molar-refractivity contribution in [1.82, 2.24) is 9.88 Å². The minimum Gasteiger partial charge on any atom is -0.382 e. The van der Waals surface area contributed by atoms with Gasteiger partial charge in [0.2, 0.25) is 0 Å². The predicted molar refractivity (Wildman–Crippen MR) is 96.5 cm³/mol. The Balaban J connectivity index is 2.07. The minimum absolute atomic E-state index is 0.212. The smallest absolute Gasteiger partial charge is 0.134 e. The largest absolute Gasteiger partial charge is 0.382 e. The first-order valence-electron chi connectivity index (χ1n) is 8.59. The normalized spacial score (nSPS) is 12.8. The third-order valence-corrected chi connectivity index (χ3v) is 4.43. The Morgan fingerprint density at radius 3 is 2.70 bits per heavy atom. The van der Waals surface area contributed by atoms with E-state index in [4.69, 9.17) is 0 Å². The average molecular weight is 317 g/mol. The zero-order valence-corrected chi connectivity index (χ0v) is 14.7. The molecule has 0 saturated carbocycles. The molecular formula is C19H28FN3. The molecule has 1 atom stereocenters. The lowest BCUT2D eigenvalue weighted by Gasteiger charge is -2.21. The topological polar surface area (TPSA) is 28.2 Å². The van der Waals surface area contributed by atoms with Crippen LogP contribution in [0.15, 0.2) is 24.4 Å². The summed E-state index contributed by atoms with van der Waals surface area (Å²) in [5, 5.41) is 4.11. The summed E-state index contributed by atoms with van der Waals surface area (Å²) in [5.74, 6) is -0.212. The fourth-order valence-electron chi connectivity index (χ4n) is 2.96. The van der Waals surface area contributed by atoms with E-state index in [1.54, 1.807) is 6.07 Å². The summed E-state index contributed by atoms with van der Waals surface area (Å²) in [6.45, 7) is 11.8. The molecule has 3 nitrogen and oxygen atoms in total. The van der Waals surface area contributed by atoms with E-state index in [0.717, 1.165) is 43.7 Å². The van der Waals surface area contributed by atoms with E-state index in [2.05, 4.69) is 36.0 Å². The molecule has 1 unspecified atom stereocenters. The lowest BCUT2D eigenvalue weighted by atomic mass is 10.1. The van der Waals surface area contributed by atoms with Gasteiger partial charge in [0, 0.05) is 12.2 Å².